The van der Waals surface area contributed by atoms with Gasteiger partial charge >= 0.3 is 0 Å². The Kier molecular flexibility index (Phi) is 3.11. The number of hydrogen-bond acceptors (Lipinski definition) is 1. The predicted octanol–water partition coefficient (Wildman–Crippen LogP) is 3.08. The highest BCUT2D eigenvalue weighted by Crippen LogP contribution is 2.26. The minimum absolute atomic E-state index is 0.733. The monoisotopic (exact) mass is 203 g/mol. The zero-order valence-corrected chi connectivity index (χ0v) is 10.1. The molecule has 1 unspecified atom stereocenters. The Morgan fingerprint density at radius 2 is 1.80 bits per heavy atom. The second-order valence-corrected chi connectivity index (χ2v) is 4.82. The van der Waals surface area contributed by atoms with Gasteiger partial charge in [0.15, 0.2) is 0 Å². The molecule has 1 aromatic carbocycles. The van der Waals surface area contributed by atoms with Gasteiger partial charge in [-0.05, 0) is 68.3 Å². The third kappa shape index (κ3) is 2.23. The van der Waals surface area contributed by atoms with Crippen LogP contribution in [0.1, 0.15) is 41.0 Å². The summed E-state index contributed by atoms with van der Waals surface area (Å²) in [5, 5.41) is 3.49. The highest BCUT2D eigenvalue weighted by atomic mass is 14.9. The van der Waals surface area contributed by atoms with E-state index in [9.17, 15) is 0 Å². The minimum atomic E-state index is 0.733. The molecule has 1 atom stereocenters. The smallest absolute Gasteiger partial charge is 0.00201 e. The van der Waals surface area contributed by atoms with Crippen LogP contribution in [0, 0.1) is 20.8 Å². The number of aryl methyl sites for hydroxylation is 2. The maximum atomic E-state index is 3.49. The average molecular weight is 203 g/mol. The fraction of sp³-hybridized carbons (Fsp3) is 0.571. The number of piperidine rings is 1. The molecule has 0 aliphatic carbocycles. The van der Waals surface area contributed by atoms with Crippen molar-refractivity contribution in [2.45, 2.75) is 39.5 Å². The highest BCUT2D eigenvalue weighted by Gasteiger charge is 2.15. The molecule has 0 spiro atoms. The molecule has 0 bridgehead atoms. The van der Waals surface area contributed by atoms with Crippen molar-refractivity contribution in [3.05, 3.63) is 34.4 Å². The lowest BCUT2D eigenvalue weighted by Gasteiger charge is -2.24. The average Bonchev–Trinajstić information content (AvgIpc) is 2.26. The molecule has 0 amide bonds. The Bertz CT molecular complexity index is 325. The summed E-state index contributed by atoms with van der Waals surface area (Å²) < 4.78 is 0. The van der Waals surface area contributed by atoms with Gasteiger partial charge in [-0.3, -0.25) is 0 Å². The van der Waals surface area contributed by atoms with Crippen molar-refractivity contribution in [3.8, 4) is 0 Å². The van der Waals surface area contributed by atoms with Crippen LogP contribution in [0.5, 0.6) is 0 Å². The van der Waals surface area contributed by atoms with Gasteiger partial charge in [0.05, 0.1) is 0 Å². The summed E-state index contributed by atoms with van der Waals surface area (Å²) in [7, 11) is 0. The summed E-state index contributed by atoms with van der Waals surface area (Å²) in [6.45, 7) is 9.01. The quantitative estimate of drug-likeness (QED) is 0.739. The first-order valence-electron chi connectivity index (χ1n) is 5.97. The normalized spacial score (nSPS) is 21.7. The largest absolute Gasteiger partial charge is 0.316 e. The number of nitrogens with one attached hydrogen (secondary N) is 1. The summed E-state index contributed by atoms with van der Waals surface area (Å²) in [6, 6.07) is 4.75. The summed E-state index contributed by atoms with van der Waals surface area (Å²) >= 11 is 0. The fourth-order valence-corrected chi connectivity index (χ4v) is 2.44. The molecule has 0 aromatic heterocycles. The van der Waals surface area contributed by atoms with Gasteiger partial charge in [0.2, 0.25) is 0 Å². The van der Waals surface area contributed by atoms with E-state index in [0.717, 1.165) is 12.5 Å². The van der Waals surface area contributed by atoms with E-state index in [4.69, 9.17) is 0 Å². The first kappa shape index (κ1) is 10.7. The van der Waals surface area contributed by atoms with E-state index in [1.807, 2.05) is 0 Å². The van der Waals surface area contributed by atoms with Gasteiger partial charge in [-0.25, -0.2) is 0 Å². The molecule has 1 nitrogen and oxygen atoms in total. The first-order chi connectivity index (χ1) is 7.18. The Morgan fingerprint density at radius 1 is 1.13 bits per heavy atom. The molecule has 1 aliphatic heterocycles. The molecule has 1 heterocycles. The van der Waals surface area contributed by atoms with Gasteiger partial charge in [-0.15, -0.1) is 0 Å². The van der Waals surface area contributed by atoms with Crippen molar-refractivity contribution >= 4 is 0 Å². The van der Waals surface area contributed by atoms with Crippen molar-refractivity contribution in [3.63, 3.8) is 0 Å². The van der Waals surface area contributed by atoms with Crippen molar-refractivity contribution in [2.24, 2.45) is 0 Å². The lowest BCUT2D eigenvalue weighted by molar-refractivity contribution is 0.461. The van der Waals surface area contributed by atoms with Crippen LogP contribution < -0.4 is 5.32 Å². The molecule has 1 heteroatoms. The van der Waals surface area contributed by atoms with Crippen molar-refractivity contribution in [1.29, 1.82) is 0 Å². The van der Waals surface area contributed by atoms with Crippen LogP contribution in [0.4, 0.5) is 0 Å². The minimum Gasteiger partial charge on any atom is -0.316 e. The van der Waals surface area contributed by atoms with E-state index in [1.54, 1.807) is 0 Å². The standard InChI is InChI=1S/C14H21N/c1-10-7-14(8-11(2)12(10)3)13-5-4-6-15-9-13/h7-8,13,15H,4-6,9H2,1-3H3. The molecule has 0 saturated carbocycles. The van der Waals surface area contributed by atoms with Crippen molar-refractivity contribution < 1.29 is 0 Å². The molecule has 82 valence electrons. The van der Waals surface area contributed by atoms with E-state index in [0.29, 0.717) is 0 Å². The topological polar surface area (TPSA) is 12.0 Å². The third-order valence-corrected chi connectivity index (χ3v) is 3.72. The number of rotatable bonds is 1. The van der Waals surface area contributed by atoms with Crippen LogP contribution in [-0.2, 0) is 0 Å². The van der Waals surface area contributed by atoms with Gasteiger partial charge < -0.3 is 5.32 Å². The Labute approximate surface area is 92.9 Å². The van der Waals surface area contributed by atoms with Crippen LogP contribution in [0.2, 0.25) is 0 Å². The summed E-state index contributed by atoms with van der Waals surface area (Å²) in [4.78, 5) is 0. The van der Waals surface area contributed by atoms with Crippen LogP contribution in [0.3, 0.4) is 0 Å². The molecule has 0 radical (unpaired) electrons. The Balaban J connectivity index is 2.27. The summed E-state index contributed by atoms with van der Waals surface area (Å²) in [5.41, 5.74) is 5.86. The van der Waals surface area contributed by atoms with Crippen LogP contribution >= 0.6 is 0 Å². The third-order valence-electron chi connectivity index (χ3n) is 3.72. The first-order valence-corrected chi connectivity index (χ1v) is 5.97. The maximum Gasteiger partial charge on any atom is 0.00201 e. The van der Waals surface area contributed by atoms with Gasteiger partial charge in [0, 0.05) is 6.54 Å². The zero-order chi connectivity index (χ0) is 10.8. The van der Waals surface area contributed by atoms with Crippen LogP contribution in [-0.4, -0.2) is 13.1 Å². The molecule has 15 heavy (non-hydrogen) atoms. The molecule has 2 rings (SSSR count). The molecule has 1 aromatic rings. The Morgan fingerprint density at radius 3 is 2.33 bits per heavy atom. The second-order valence-electron chi connectivity index (χ2n) is 4.82. The van der Waals surface area contributed by atoms with E-state index in [-0.39, 0.29) is 0 Å². The second kappa shape index (κ2) is 4.36. The van der Waals surface area contributed by atoms with Gasteiger partial charge in [0.1, 0.15) is 0 Å². The molecule has 1 aliphatic rings. The van der Waals surface area contributed by atoms with E-state index >= 15 is 0 Å². The lowest BCUT2D eigenvalue weighted by atomic mass is 9.88. The molecular formula is C14H21N. The van der Waals surface area contributed by atoms with Gasteiger partial charge in [-0.1, -0.05) is 12.1 Å². The summed E-state index contributed by atoms with van der Waals surface area (Å²) in [5.74, 6) is 0.733. The predicted molar refractivity (Wildman–Crippen MR) is 65.5 cm³/mol. The van der Waals surface area contributed by atoms with Crippen LogP contribution in [0.15, 0.2) is 12.1 Å². The zero-order valence-electron chi connectivity index (χ0n) is 10.1. The highest BCUT2D eigenvalue weighted by molar-refractivity contribution is 5.38. The van der Waals surface area contributed by atoms with Gasteiger partial charge in [-0.2, -0.15) is 0 Å². The van der Waals surface area contributed by atoms with E-state index in [1.165, 1.54) is 41.6 Å². The van der Waals surface area contributed by atoms with Crippen molar-refractivity contribution in [2.75, 3.05) is 13.1 Å². The van der Waals surface area contributed by atoms with Crippen molar-refractivity contribution in [1.82, 2.24) is 5.32 Å². The van der Waals surface area contributed by atoms with E-state index in [2.05, 4.69) is 38.2 Å². The fourth-order valence-electron chi connectivity index (χ4n) is 2.44. The number of hydrogen-bond donors (Lipinski definition) is 1. The molecule has 1 saturated heterocycles. The molecular weight excluding hydrogens is 182 g/mol. The molecule has 1 N–H and O–H groups in total. The van der Waals surface area contributed by atoms with Crippen LogP contribution in [0.25, 0.3) is 0 Å². The summed E-state index contributed by atoms with van der Waals surface area (Å²) in [6.07, 6.45) is 2.66. The molecule has 1 fully saturated rings. The SMILES string of the molecule is Cc1cc(C2CCCNC2)cc(C)c1C. The number of benzene rings is 1. The van der Waals surface area contributed by atoms with E-state index < -0.39 is 0 Å². The maximum absolute atomic E-state index is 3.49. The van der Waals surface area contributed by atoms with Gasteiger partial charge in [0.25, 0.3) is 0 Å². The lowest BCUT2D eigenvalue weighted by Crippen LogP contribution is -2.28. The Hall–Kier alpha value is -0.820.